The molecular formula is C18H18F3N7O3. The molecule has 0 amide bonds. The predicted molar refractivity (Wildman–Crippen MR) is 102 cm³/mol. The number of aromatic nitrogens is 4. The van der Waals surface area contributed by atoms with E-state index in [9.17, 15) is 28.0 Å². The van der Waals surface area contributed by atoms with Gasteiger partial charge in [-0.1, -0.05) is 5.92 Å². The van der Waals surface area contributed by atoms with Crippen molar-refractivity contribution in [1.82, 2.24) is 19.1 Å². The highest BCUT2D eigenvalue weighted by atomic mass is 19.4. The summed E-state index contributed by atoms with van der Waals surface area (Å²) in [7, 11) is 1.41. The number of nitriles is 1. The van der Waals surface area contributed by atoms with Crippen LogP contribution in [0.1, 0.15) is 19.2 Å². The number of rotatable bonds is 3. The Morgan fingerprint density at radius 3 is 2.68 bits per heavy atom. The number of halogens is 3. The number of alkyl halides is 3. The van der Waals surface area contributed by atoms with Gasteiger partial charge < -0.3 is 15.4 Å². The number of carbonyl (C=O) groups is 1. The van der Waals surface area contributed by atoms with Crippen molar-refractivity contribution in [2.45, 2.75) is 38.2 Å². The highest BCUT2D eigenvalue weighted by Crippen LogP contribution is 2.25. The zero-order valence-electron chi connectivity index (χ0n) is 16.6. The van der Waals surface area contributed by atoms with E-state index >= 15 is 0 Å². The van der Waals surface area contributed by atoms with Gasteiger partial charge in [-0.3, -0.25) is 13.9 Å². The first-order valence-electron chi connectivity index (χ1n) is 9.13. The minimum Gasteiger partial charge on any atom is -0.454 e. The molecule has 3 rings (SSSR count). The number of fused-ring (bicyclic) bond motifs is 1. The summed E-state index contributed by atoms with van der Waals surface area (Å²) in [5.74, 6) is 3.44. The van der Waals surface area contributed by atoms with Crippen LogP contribution in [0.4, 0.5) is 19.1 Å². The first kappa shape index (κ1) is 22.1. The second-order valence-corrected chi connectivity index (χ2v) is 6.85. The molecule has 10 nitrogen and oxygen atoms in total. The number of imidazole rings is 1. The van der Waals surface area contributed by atoms with Crippen LogP contribution in [0.3, 0.4) is 0 Å². The summed E-state index contributed by atoms with van der Waals surface area (Å²) in [6.07, 6.45) is -6.19. The molecule has 0 bridgehead atoms. The van der Waals surface area contributed by atoms with Crippen LogP contribution in [-0.4, -0.2) is 56.5 Å². The second kappa shape index (κ2) is 8.28. The largest absolute Gasteiger partial charge is 0.490 e. The lowest BCUT2D eigenvalue weighted by Gasteiger charge is -2.36. The molecule has 0 radical (unpaired) electrons. The van der Waals surface area contributed by atoms with Crippen molar-refractivity contribution in [3.05, 3.63) is 16.2 Å². The number of ether oxygens (including phenoxy) is 1. The van der Waals surface area contributed by atoms with Crippen molar-refractivity contribution in [3.63, 3.8) is 0 Å². The molecule has 3 heterocycles. The Labute approximate surface area is 174 Å². The molecule has 1 saturated heterocycles. The maximum Gasteiger partial charge on any atom is 0.490 e. The quantitative estimate of drug-likeness (QED) is 0.526. The summed E-state index contributed by atoms with van der Waals surface area (Å²) >= 11 is 0. The molecule has 164 valence electrons. The Balaban J connectivity index is 1.96. The van der Waals surface area contributed by atoms with Gasteiger partial charge in [0.15, 0.2) is 11.2 Å². The van der Waals surface area contributed by atoms with E-state index in [1.807, 2.05) is 6.07 Å². The lowest BCUT2D eigenvalue weighted by atomic mass is 10.0. The highest BCUT2D eigenvalue weighted by molar-refractivity contribution is 5.76. The molecule has 2 unspecified atom stereocenters. The summed E-state index contributed by atoms with van der Waals surface area (Å²) in [5, 5.41) is 9.18. The topological polar surface area (TPSA) is 132 Å². The van der Waals surface area contributed by atoms with Gasteiger partial charge in [-0.2, -0.15) is 28.4 Å². The molecule has 0 aliphatic carbocycles. The lowest BCUT2D eigenvalue weighted by molar-refractivity contribution is -0.206. The highest BCUT2D eigenvalue weighted by Gasteiger charge is 2.44. The first-order valence-corrected chi connectivity index (χ1v) is 9.13. The van der Waals surface area contributed by atoms with Crippen LogP contribution in [0.2, 0.25) is 0 Å². The van der Waals surface area contributed by atoms with Gasteiger partial charge in [-0.25, -0.2) is 4.79 Å². The van der Waals surface area contributed by atoms with E-state index in [4.69, 9.17) is 5.73 Å². The number of piperidine rings is 1. The van der Waals surface area contributed by atoms with Gasteiger partial charge in [0, 0.05) is 26.6 Å². The number of carbonyl (C=O) groups excluding carboxylic acids is 1. The molecular weight excluding hydrogens is 419 g/mol. The summed E-state index contributed by atoms with van der Waals surface area (Å²) < 4.78 is 44.6. The van der Waals surface area contributed by atoms with E-state index in [2.05, 4.69) is 26.5 Å². The second-order valence-electron chi connectivity index (χ2n) is 6.85. The summed E-state index contributed by atoms with van der Waals surface area (Å²) in [6, 6.07) is 0.903. The molecule has 13 heteroatoms. The van der Waals surface area contributed by atoms with E-state index in [1.54, 1.807) is 11.8 Å². The van der Waals surface area contributed by atoms with Gasteiger partial charge in [0.2, 0.25) is 11.8 Å². The van der Waals surface area contributed by atoms with E-state index < -0.39 is 29.9 Å². The van der Waals surface area contributed by atoms with Crippen molar-refractivity contribution < 1.29 is 22.7 Å². The Kier molecular flexibility index (Phi) is 5.90. The summed E-state index contributed by atoms with van der Waals surface area (Å²) in [5.41, 5.74) is 5.66. The van der Waals surface area contributed by atoms with E-state index in [1.165, 1.54) is 11.6 Å². The maximum atomic E-state index is 12.8. The van der Waals surface area contributed by atoms with E-state index in [0.29, 0.717) is 0 Å². The fraction of sp³-hybridized carbons (Fsp3) is 0.500. The van der Waals surface area contributed by atoms with Gasteiger partial charge in [0.25, 0.3) is 5.56 Å². The van der Waals surface area contributed by atoms with Crippen molar-refractivity contribution in [2.24, 2.45) is 12.8 Å². The number of esters is 1. The molecule has 2 aromatic heterocycles. The lowest BCUT2D eigenvalue weighted by Crippen LogP contribution is -2.54. The molecule has 2 aromatic rings. The average Bonchev–Trinajstić information content (AvgIpc) is 3.08. The molecule has 31 heavy (non-hydrogen) atoms. The maximum absolute atomic E-state index is 12.8. The van der Waals surface area contributed by atoms with Crippen LogP contribution in [0.15, 0.2) is 4.79 Å². The van der Waals surface area contributed by atoms with Crippen LogP contribution in [0.25, 0.3) is 11.2 Å². The standard InChI is InChI=1S/C18H18F3N7O3/c1-3-4-6-28-13-14(24-12(8-22)26(2)15(13)29)25-17(28)27-7-5-11(10(23)9-27)31-16(30)18(19,20)21/h10-11H,5-7,9,23H2,1-2H3. The number of nitrogens with two attached hydrogens (primary N) is 1. The Hall–Kier alpha value is -3.58. The summed E-state index contributed by atoms with van der Waals surface area (Å²) in [4.78, 5) is 34.0. The van der Waals surface area contributed by atoms with Gasteiger partial charge >= 0.3 is 12.1 Å². The number of anilines is 1. The molecule has 1 fully saturated rings. The molecule has 1 aliphatic rings. The van der Waals surface area contributed by atoms with Crippen LogP contribution < -0.4 is 16.2 Å². The molecule has 2 N–H and O–H groups in total. The predicted octanol–water partition coefficient (Wildman–Crippen LogP) is 0.0365. The molecule has 2 atom stereocenters. The summed E-state index contributed by atoms with van der Waals surface area (Å²) in [6.45, 7) is 1.91. The van der Waals surface area contributed by atoms with Crippen molar-refractivity contribution >= 4 is 23.1 Å². The number of hydrogen-bond donors (Lipinski definition) is 1. The van der Waals surface area contributed by atoms with E-state index in [-0.39, 0.29) is 49.0 Å². The average molecular weight is 437 g/mol. The zero-order valence-corrected chi connectivity index (χ0v) is 16.6. The molecule has 0 saturated carbocycles. The molecule has 0 aromatic carbocycles. The minimum atomic E-state index is -5.10. The molecule has 0 spiro atoms. The van der Waals surface area contributed by atoms with Gasteiger partial charge in [0.05, 0.1) is 12.6 Å². The third-order valence-corrected chi connectivity index (χ3v) is 4.84. The van der Waals surface area contributed by atoms with Gasteiger partial charge in [0.1, 0.15) is 12.2 Å². The minimum absolute atomic E-state index is 0.0180. The van der Waals surface area contributed by atoms with Crippen LogP contribution in [-0.2, 0) is 23.1 Å². The van der Waals surface area contributed by atoms with Crippen molar-refractivity contribution in [1.29, 1.82) is 5.26 Å². The normalized spacial score (nSPS) is 18.9. The Morgan fingerprint density at radius 2 is 2.10 bits per heavy atom. The number of nitrogens with zero attached hydrogens (tertiary/aromatic N) is 6. The van der Waals surface area contributed by atoms with Crippen LogP contribution in [0.5, 0.6) is 0 Å². The zero-order chi connectivity index (χ0) is 22.9. The monoisotopic (exact) mass is 437 g/mol. The van der Waals surface area contributed by atoms with E-state index in [0.717, 1.165) is 4.57 Å². The number of hydrogen-bond acceptors (Lipinski definition) is 8. The van der Waals surface area contributed by atoms with Crippen molar-refractivity contribution in [2.75, 3.05) is 18.0 Å². The van der Waals surface area contributed by atoms with Gasteiger partial charge in [-0.05, 0) is 6.92 Å². The Morgan fingerprint density at radius 1 is 1.39 bits per heavy atom. The van der Waals surface area contributed by atoms with Crippen LogP contribution in [0, 0.1) is 23.2 Å². The SMILES string of the molecule is CC#CCn1c(N2CCC(OC(=O)C(F)(F)F)C(N)C2)nc2nc(C#N)n(C)c(=O)c21. The molecule has 1 aliphatic heterocycles. The van der Waals surface area contributed by atoms with Gasteiger partial charge in [-0.15, -0.1) is 5.92 Å². The first-order chi connectivity index (χ1) is 14.6. The Bertz CT molecular complexity index is 1180. The smallest absolute Gasteiger partial charge is 0.454 e. The fourth-order valence-electron chi connectivity index (χ4n) is 3.29. The van der Waals surface area contributed by atoms with Crippen LogP contribution >= 0.6 is 0 Å². The third-order valence-electron chi connectivity index (χ3n) is 4.84. The third kappa shape index (κ3) is 4.18. The van der Waals surface area contributed by atoms with Crippen molar-refractivity contribution in [3.8, 4) is 17.9 Å². The fourth-order valence-corrected chi connectivity index (χ4v) is 3.29.